The van der Waals surface area contributed by atoms with Gasteiger partial charge in [-0.25, -0.2) is 0 Å². The van der Waals surface area contributed by atoms with E-state index in [0.29, 0.717) is 6.54 Å². The first-order chi connectivity index (χ1) is 8.27. The summed E-state index contributed by atoms with van der Waals surface area (Å²) >= 11 is 0. The standard InChI is InChI=1S/C14H17NO2/c1-11(14-8-5-9-17-14)15-10-13(16)12-6-3-2-4-7-12/h2-9,11,13,15-16H,10H2,1H3/t11-,13?/m0/s1. The lowest BCUT2D eigenvalue weighted by molar-refractivity contribution is 0.169. The van der Waals surface area contributed by atoms with E-state index < -0.39 is 6.10 Å². The molecule has 0 saturated carbocycles. The molecular formula is C14H17NO2. The predicted octanol–water partition coefficient (Wildman–Crippen LogP) is 2.66. The fourth-order valence-electron chi connectivity index (χ4n) is 1.72. The van der Waals surface area contributed by atoms with Crippen LogP contribution in [0.2, 0.25) is 0 Å². The average Bonchev–Trinajstić information content (AvgIpc) is 2.90. The number of furan rings is 1. The van der Waals surface area contributed by atoms with Crippen LogP contribution in [0.4, 0.5) is 0 Å². The monoisotopic (exact) mass is 231 g/mol. The SMILES string of the molecule is C[C@H](NCC(O)c1ccccc1)c1ccco1. The van der Waals surface area contributed by atoms with Gasteiger partial charge in [0.1, 0.15) is 5.76 Å². The first kappa shape index (κ1) is 11.9. The van der Waals surface area contributed by atoms with E-state index in [1.165, 1.54) is 0 Å². The van der Waals surface area contributed by atoms with Crippen molar-refractivity contribution in [1.29, 1.82) is 0 Å². The van der Waals surface area contributed by atoms with Crippen molar-refractivity contribution in [2.75, 3.05) is 6.54 Å². The topological polar surface area (TPSA) is 45.4 Å². The lowest BCUT2D eigenvalue weighted by Crippen LogP contribution is -2.24. The van der Waals surface area contributed by atoms with Gasteiger partial charge in [-0.15, -0.1) is 0 Å². The van der Waals surface area contributed by atoms with Crippen molar-refractivity contribution in [3.8, 4) is 0 Å². The Hall–Kier alpha value is -1.58. The van der Waals surface area contributed by atoms with Gasteiger partial charge in [0.25, 0.3) is 0 Å². The molecule has 0 aliphatic carbocycles. The van der Waals surface area contributed by atoms with Gasteiger partial charge in [0.15, 0.2) is 0 Å². The fraction of sp³-hybridized carbons (Fsp3) is 0.286. The quantitative estimate of drug-likeness (QED) is 0.831. The first-order valence-corrected chi connectivity index (χ1v) is 5.77. The van der Waals surface area contributed by atoms with Crippen LogP contribution in [0.3, 0.4) is 0 Å². The minimum absolute atomic E-state index is 0.100. The van der Waals surface area contributed by atoms with Crippen molar-refractivity contribution < 1.29 is 9.52 Å². The predicted molar refractivity (Wildman–Crippen MR) is 66.5 cm³/mol. The molecule has 2 atom stereocenters. The summed E-state index contributed by atoms with van der Waals surface area (Å²) < 4.78 is 5.29. The van der Waals surface area contributed by atoms with Gasteiger partial charge in [-0.05, 0) is 24.6 Å². The van der Waals surface area contributed by atoms with Crippen LogP contribution >= 0.6 is 0 Å². The molecule has 17 heavy (non-hydrogen) atoms. The highest BCUT2D eigenvalue weighted by atomic mass is 16.3. The molecule has 2 aromatic rings. The zero-order valence-corrected chi connectivity index (χ0v) is 9.84. The molecule has 0 aliphatic rings. The largest absolute Gasteiger partial charge is 0.468 e. The van der Waals surface area contributed by atoms with E-state index in [0.717, 1.165) is 11.3 Å². The van der Waals surface area contributed by atoms with Crippen LogP contribution in [0.5, 0.6) is 0 Å². The number of hydrogen-bond donors (Lipinski definition) is 2. The number of hydrogen-bond acceptors (Lipinski definition) is 3. The van der Waals surface area contributed by atoms with Crippen LogP contribution in [0.15, 0.2) is 53.1 Å². The molecule has 0 amide bonds. The highest BCUT2D eigenvalue weighted by molar-refractivity contribution is 5.17. The van der Waals surface area contributed by atoms with E-state index in [4.69, 9.17) is 4.42 Å². The first-order valence-electron chi connectivity index (χ1n) is 5.77. The van der Waals surface area contributed by atoms with Crippen molar-refractivity contribution in [2.24, 2.45) is 0 Å². The van der Waals surface area contributed by atoms with Crippen molar-refractivity contribution in [3.05, 3.63) is 60.1 Å². The zero-order chi connectivity index (χ0) is 12.1. The second-order valence-electron chi connectivity index (χ2n) is 4.07. The zero-order valence-electron chi connectivity index (χ0n) is 9.84. The molecule has 0 bridgehead atoms. The molecule has 0 aliphatic heterocycles. The molecule has 0 fully saturated rings. The second kappa shape index (κ2) is 5.66. The van der Waals surface area contributed by atoms with Crippen LogP contribution in [0.25, 0.3) is 0 Å². The summed E-state index contributed by atoms with van der Waals surface area (Å²) in [6.45, 7) is 2.52. The van der Waals surface area contributed by atoms with Crippen LogP contribution in [0, 0.1) is 0 Å². The summed E-state index contributed by atoms with van der Waals surface area (Å²) in [6, 6.07) is 13.5. The van der Waals surface area contributed by atoms with Crippen molar-refractivity contribution in [2.45, 2.75) is 19.1 Å². The van der Waals surface area contributed by atoms with Gasteiger partial charge in [0, 0.05) is 6.54 Å². The maximum Gasteiger partial charge on any atom is 0.120 e. The molecule has 1 unspecified atom stereocenters. The van der Waals surface area contributed by atoms with Gasteiger partial charge in [0.2, 0.25) is 0 Å². The van der Waals surface area contributed by atoms with E-state index in [9.17, 15) is 5.11 Å². The summed E-state index contributed by atoms with van der Waals surface area (Å²) in [6.07, 6.45) is 1.16. The normalized spacial score (nSPS) is 14.5. The minimum atomic E-state index is -0.492. The van der Waals surface area contributed by atoms with E-state index in [1.54, 1.807) is 6.26 Å². The summed E-state index contributed by atoms with van der Waals surface area (Å²) in [5.74, 6) is 0.880. The third kappa shape index (κ3) is 3.19. The molecule has 90 valence electrons. The molecular weight excluding hydrogens is 214 g/mol. The number of benzene rings is 1. The van der Waals surface area contributed by atoms with Crippen LogP contribution in [-0.4, -0.2) is 11.7 Å². The van der Waals surface area contributed by atoms with Crippen LogP contribution in [0.1, 0.15) is 30.4 Å². The fourth-order valence-corrected chi connectivity index (χ4v) is 1.72. The summed E-state index contributed by atoms with van der Waals surface area (Å²) in [5.41, 5.74) is 0.923. The third-order valence-electron chi connectivity index (χ3n) is 2.77. The lowest BCUT2D eigenvalue weighted by Gasteiger charge is -2.15. The average molecular weight is 231 g/mol. The van der Waals surface area contributed by atoms with Crippen molar-refractivity contribution in [3.63, 3.8) is 0 Å². The minimum Gasteiger partial charge on any atom is -0.468 e. The maximum absolute atomic E-state index is 9.97. The van der Waals surface area contributed by atoms with Gasteiger partial charge in [0.05, 0.1) is 18.4 Å². The Balaban J connectivity index is 1.86. The summed E-state index contributed by atoms with van der Waals surface area (Å²) in [4.78, 5) is 0. The van der Waals surface area contributed by atoms with Gasteiger partial charge >= 0.3 is 0 Å². The lowest BCUT2D eigenvalue weighted by atomic mass is 10.1. The molecule has 3 nitrogen and oxygen atoms in total. The molecule has 1 heterocycles. The number of aliphatic hydroxyl groups excluding tert-OH is 1. The van der Waals surface area contributed by atoms with Gasteiger partial charge < -0.3 is 14.8 Å². The molecule has 2 N–H and O–H groups in total. The Labute approximate surface area is 101 Å². The Morgan fingerprint density at radius 3 is 2.59 bits per heavy atom. The third-order valence-corrected chi connectivity index (χ3v) is 2.77. The highest BCUT2D eigenvalue weighted by Crippen LogP contribution is 2.15. The Kier molecular flexibility index (Phi) is 3.96. The summed E-state index contributed by atoms with van der Waals surface area (Å²) in [7, 11) is 0. The summed E-state index contributed by atoms with van der Waals surface area (Å²) in [5, 5.41) is 13.2. The number of rotatable bonds is 5. The van der Waals surface area contributed by atoms with Crippen LogP contribution in [-0.2, 0) is 0 Å². The smallest absolute Gasteiger partial charge is 0.120 e. The molecule has 0 radical (unpaired) electrons. The van der Waals surface area contributed by atoms with Gasteiger partial charge in [-0.2, -0.15) is 0 Å². The Morgan fingerprint density at radius 1 is 1.18 bits per heavy atom. The maximum atomic E-state index is 9.97. The highest BCUT2D eigenvalue weighted by Gasteiger charge is 2.11. The number of nitrogens with one attached hydrogen (secondary N) is 1. The molecule has 2 rings (SSSR count). The molecule has 1 aromatic heterocycles. The second-order valence-corrected chi connectivity index (χ2v) is 4.07. The Morgan fingerprint density at radius 2 is 1.94 bits per heavy atom. The Bertz CT molecular complexity index is 425. The van der Waals surface area contributed by atoms with E-state index in [-0.39, 0.29) is 6.04 Å². The molecule has 3 heteroatoms. The van der Waals surface area contributed by atoms with E-state index in [2.05, 4.69) is 5.32 Å². The van der Waals surface area contributed by atoms with Crippen molar-refractivity contribution >= 4 is 0 Å². The van der Waals surface area contributed by atoms with Gasteiger partial charge in [-0.3, -0.25) is 0 Å². The molecule has 0 saturated heterocycles. The molecule has 0 spiro atoms. The number of aliphatic hydroxyl groups is 1. The van der Waals surface area contributed by atoms with Crippen molar-refractivity contribution in [1.82, 2.24) is 5.32 Å². The van der Waals surface area contributed by atoms with E-state index >= 15 is 0 Å². The van der Waals surface area contributed by atoms with E-state index in [1.807, 2.05) is 49.4 Å². The van der Waals surface area contributed by atoms with Crippen LogP contribution < -0.4 is 5.32 Å². The molecule has 1 aromatic carbocycles. The van der Waals surface area contributed by atoms with Gasteiger partial charge in [-0.1, -0.05) is 30.3 Å².